The van der Waals surface area contributed by atoms with Crippen molar-refractivity contribution >= 4 is 40.7 Å². The summed E-state index contributed by atoms with van der Waals surface area (Å²) in [5, 5.41) is 6.15. The van der Waals surface area contributed by atoms with E-state index >= 15 is 0 Å². The van der Waals surface area contributed by atoms with E-state index < -0.39 is 0 Å². The molecule has 1 unspecified atom stereocenters. The number of ether oxygens (including phenoxy) is 1. The summed E-state index contributed by atoms with van der Waals surface area (Å²) in [6.45, 7) is 2.81. The van der Waals surface area contributed by atoms with Crippen molar-refractivity contribution in [1.82, 2.24) is 5.32 Å². The number of hydrogen-bond donors (Lipinski definition) is 2. The maximum atomic E-state index is 12.3. The molecule has 1 fully saturated rings. The third-order valence-corrected chi connectivity index (χ3v) is 4.94. The number of anilines is 2. The molecule has 2 aromatic rings. The fraction of sp³-hybridized carbons (Fsp3) is 0.318. The van der Waals surface area contributed by atoms with Crippen LogP contribution >= 0.6 is 11.6 Å². The summed E-state index contributed by atoms with van der Waals surface area (Å²) in [7, 11) is 0. The molecule has 0 saturated carbocycles. The number of halogens is 1. The second-order valence-corrected chi connectivity index (χ2v) is 7.47. The lowest BCUT2D eigenvalue weighted by Gasteiger charge is -2.17. The minimum Gasteiger partial charge on any atom is -0.484 e. The summed E-state index contributed by atoms with van der Waals surface area (Å²) >= 11 is 5.82. The Morgan fingerprint density at radius 3 is 2.50 bits per heavy atom. The van der Waals surface area contributed by atoms with E-state index in [1.165, 1.54) is 0 Å². The van der Waals surface area contributed by atoms with Crippen LogP contribution in [0.3, 0.4) is 0 Å². The molecular formula is C22H24ClN3O4. The van der Waals surface area contributed by atoms with Crippen molar-refractivity contribution in [2.24, 2.45) is 5.92 Å². The number of nitrogens with zero attached hydrogens (tertiary/aromatic N) is 1. The van der Waals surface area contributed by atoms with Gasteiger partial charge in [0.15, 0.2) is 6.61 Å². The van der Waals surface area contributed by atoms with Crippen LogP contribution in [0.25, 0.3) is 0 Å². The molecule has 2 aromatic carbocycles. The van der Waals surface area contributed by atoms with Crippen LogP contribution in [0.4, 0.5) is 11.4 Å². The Bertz CT molecular complexity index is 900. The predicted octanol–water partition coefficient (Wildman–Crippen LogP) is 3.24. The number of amides is 3. The number of carbonyl (C=O) groups is 3. The van der Waals surface area contributed by atoms with E-state index in [2.05, 4.69) is 10.6 Å². The van der Waals surface area contributed by atoms with Gasteiger partial charge in [0.2, 0.25) is 11.8 Å². The number of nitrogens with one attached hydrogen (secondary N) is 2. The summed E-state index contributed by atoms with van der Waals surface area (Å²) in [4.78, 5) is 38.0. The first kappa shape index (κ1) is 21.6. The molecule has 1 aliphatic rings. The Hall–Kier alpha value is -3.06. The molecule has 1 atom stereocenters. The third kappa shape index (κ3) is 5.73. The van der Waals surface area contributed by atoms with Crippen LogP contribution in [0.15, 0.2) is 48.5 Å². The van der Waals surface area contributed by atoms with Crippen LogP contribution in [-0.4, -0.2) is 37.4 Å². The van der Waals surface area contributed by atoms with Crippen molar-refractivity contribution in [2.75, 3.05) is 29.9 Å². The molecule has 1 saturated heterocycles. The van der Waals surface area contributed by atoms with Crippen LogP contribution in [0, 0.1) is 5.92 Å². The van der Waals surface area contributed by atoms with Gasteiger partial charge in [0.25, 0.3) is 5.91 Å². The normalized spacial score (nSPS) is 15.7. The van der Waals surface area contributed by atoms with E-state index in [0.29, 0.717) is 35.2 Å². The lowest BCUT2D eigenvalue weighted by molar-refractivity contribution is -0.126. The number of rotatable bonds is 8. The van der Waals surface area contributed by atoms with Gasteiger partial charge >= 0.3 is 0 Å². The highest BCUT2D eigenvalue weighted by Gasteiger charge is 2.34. The quantitative estimate of drug-likeness (QED) is 0.674. The second kappa shape index (κ2) is 10.1. The Morgan fingerprint density at radius 1 is 1.13 bits per heavy atom. The molecule has 1 heterocycles. The van der Waals surface area contributed by atoms with Crippen molar-refractivity contribution in [3.63, 3.8) is 0 Å². The van der Waals surface area contributed by atoms with E-state index in [0.717, 1.165) is 6.42 Å². The largest absolute Gasteiger partial charge is 0.484 e. The van der Waals surface area contributed by atoms with Gasteiger partial charge < -0.3 is 20.3 Å². The first-order valence-corrected chi connectivity index (χ1v) is 10.2. The zero-order chi connectivity index (χ0) is 21.5. The molecule has 3 amide bonds. The highest BCUT2D eigenvalue weighted by molar-refractivity contribution is 6.30. The SMILES string of the molecule is CCCNC(=O)C1CC(=O)N(c2ccc(OCC(=O)Nc3ccc(Cl)cc3)cc2)C1. The highest BCUT2D eigenvalue weighted by Crippen LogP contribution is 2.27. The molecule has 0 radical (unpaired) electrons. The third-order valence-electron chi connectivity index (χ3n) is 4.69. The van der Waals surface area contributed by atoms with Crippen LogP contribution in [0.1, 0.15) is 19.8 Å². The van der Waals surface area contributed by atoms with Crippen LogP contribution in [0.5, 0.6) is 5.75 Å². The summed E-state index contributed by atoms with van der Waals surface area (Å²) in [6.07, 6.45) is 1.06. The maximum Gasteiger partial charge on any atom is 0.262 e. The smallest absolute Gasteiger partial charge is 0.262 e. The molecule has 1 aliphatic heterocycles. The molecule has 8 heteroatoms. The molecule has 7 nitrogen and oxygen atoms in total. The van der Waals surface area contributed by atoms with E-state index in [1.807, 2.05) is 6.92 Å². The van der Waals surface area contributed by atoms with E-state index in [4.69, 9.17) is 16.3 Å². The van der Waals surface area contributed by atoms with Gasteiger partial charge in [-0.05, 0) is 55.0 Å². The molecule has 0 aliphatic carbocycles. The van der Waals surface area contributed by atoms with Gasteiger partial charge in [-0.3, -0.25) is 14.4 Å². The molecule has 30 heavy (non-hydrogen) atoms. The van der Waals surface area contributed by atoms with E-state index in [-0.39, 0.29) is 36.7 Å². The van der Waals surface area contributed by atoms with Crippen molar-refractivity contribution in [3.8, 4) is 5.75 Å². The van der Waals surface area contributed by atoms with Crippen LogP contribution in [0.2, 0.25) is 5.02 Å². The minimum atomic E-state index is -0.337. The molecule has 0 aromatic heterocycles. The number of hydrogen-bond acceptors (Lipinski definition) is 4. The van der Waals surface area contributed by atoms with Gasteiger partial charge in [0.1, 0.15) is 5.75 Å². The van der Waals surface area contributed by atoms with Gasteiger partial charge in [-0.15, -0.1) is 0 Å². The summed E-state index contributed by atoms with van der Waals surface area (Å²) in [6, 6.07) is 13.7. The fourth-order valence-electron chi connectivity index (χ4n) is 3.13. The van der Waals surface area contributed by atoms with Crippen LogP contribution < -0.4 is 20.3 Å². The van der Waals surface area contributed by atoms with Crippen molar-refractivity contribution in [2.45, 2.75) is 19.8 Å². The van der Waals surface area contributed by atoms with Crippen molar-refractivity contribution in [3.05, 3.63) is 53.6 Å². The van der Waals surface area contributed by atoms with Gasteiger partial charge in [-0.25, -0.2) is 0 Å². The lowest BCUT2D eigenvalue weighted by Crippen LogP contribution is -2.33. The monoisotopic (exact) mass is 429 g/mol. The zero-order valence-corrected chi connectivity index (χ0v) is 17.4. The maximum absolute atomic E-state index is 12.3. The van der Waals surface area contributed by atoms with Gasteiger partial charge in [0, 0.05) is 35.9 Å². The van der Waals surface area contributed by atoms with E-state index in [1.54, 1.807) is 53.4 Å². The molecule has 0 spiro atoms. The molecule has 0 bridgehead atoms. The highest BCUT2D eigenvalue weighted by atomic mass is 35.5. The van der Waals surface area contributed by atoms with E-state index in [9.17, 15) is 14.4 Å². The Kier molecular flexibility index (Phi) is 7.30. The molecule has 2 N–H and O–H groups in total. The number of carbonyl (C=O) groups excluding carboxylic acids is 3. The minimum absolute atomic E-state index is 0.0809. The average molecular weight is 430 g/mol. The first-order chi connectivity index (χ1) is 14.5. The molecular weight excluding hydrogens is 406 g/mol. The Morgan fingerprint density at radius 2 is 1.83 bits per heavy atom. The predicted molar refractivity (Wildman–Crippen MR) is 116 cm³/mol. The second-order valence-electron chi connectivity index (χ2n) is 7.03. The average Bonchev–Trinajstić information content (AvgIpc) is 3.14. The zero-order valence-electron chi connectivity index (χ0n) is 16.7. The van der Waals surface area contributed by atoms with Crippen molar-refractivity contribution in [1.29, 1.82) is 0 Å². The van der Waals surface area contributed by atoms with Gasteiger partial charge in [-0.1, -0.05) is 18.5 Å². The summed E-state index contributed by atoms with van der Waals surface area (Å²) < 4.78 is 5.51. The summed E-state index contributed by atoms with van der Waals surface area (Å²) in [5.41, 5.74) is 1.33. The van der Waals surface area contributed by atoms with Crippen molar-refractivity contribution < 1.29 is 19.1 Å². The first-order valence-electron chi connectivity index (χ1n) is 9.82. The fourth-order valence-corrected chi connectivity index (χ4v) is 3.25. The van der Waals surface area contributed by atoms with Gasteiger partial charge in [0.05, 0.1) is 5.92 Å². The Balaban J connectivity index is 1.51. The topological polar surface area (TPSA) is 87.7 Å². The lowest BCUT2D eigenvalue weighted by atomic mass is 10.1. The Labute approximate surface area is 180 Å². The number of benzene rings is 2. The molecule has 3 rings (SSSR count). The summed E-state index contributed by atoms with van der Waals surface area (Å²) in [5.74, 6) is -0.288. The standard InChI is InChI=1S/C22H24ClN3O4/c1-2-11-24-22(29)15-12-21(28)26(13-15)18-7-9-19(10-8-18)30-14-20(27)25-17-5-3-16(23)4-6-17/h3-10,15H,2,11-14H2,1H3,(H,24,29)(H,25,27). The molecule has 158 valence electrons. The van der Waals surface area contributed by atoms with Gasteiger partial charge in [-0.2, -0.15) is 0 Å². The van der Waals surface area contributed by atoms with Crippen LogP contribution in [-0.2, 0) is 14.4 Å².